The zero-order valence-corrected chi connectivity index (χ0v) is 10.1. The smallest absolute Gasteiger partial charge is 0.343 e. The van der Waals surface area contributed by atoms with Gasteiger partial charge < -0.3 is 4.74 Å². The fourth-order valence-corrected chi connectivity index (χ4v) is 1.54. The number of carbonyl (C=O) groups is 2. The molecule has 0 saturated carbocycles. The molecule has 0 aliphatic carbocycles. The topological polar surface area (TPSA) is 43.4 Å². The molecule has 0 spiro atoms. The second kappa shape index (κ2) is 5.47. The van der Waals surface area contributed by atoms with Gasteiger partial charge in [-0.15, -0.1) is 0 Å². The molecule has 0 amide bonds. The van der Waals surface area contributed by atoms with Crippen molar-refractivity contribution < 1.29 is 14.3 Å². The number of ether oxygens (including phenoxy) is 1. The third kappa shape index (κ3) is 2.96. The van der Waals surface area contributed by atoms with Crippen molar-refractivity contribution >= 4 is 22.8 Å². The molecule has 4 heteroatoms. The molecule has 0 saturated heterocycles. The van der Waals surface area contributed by atoms with Crippen molar-refractivity contribution in [3.63, 3.8) is 0 Å². The van der Waals surface area contributed by atoms with Crippen molar-refractivity contribution in [3.8, 4) is 5.75 Å². The zero-order valence-electron chi connectivity index (χ0n) is 9.30. The number of rotatable bonds is 3. The van der Waals surface area contributed by atoms with Gasteiger partial charge >= 0.3 is 5.97 Å². The second-order valence-corrected chi connectivity index (χ2v) is 3.90. The molecule has 2 aromatic rings. The molecule has 0 N–H and O–H groups in total. The maximum atomic E-state index is 11.8. The van der Waals surface area contributed by atoms with Crippen LogP contribution < -0.4 is 4.74 Å². The van der Waals surface area contributed by atoms with Crippen LogP contribution >= 0.6 is 11.6 Å². The van der Waals surface area contributed by atoms with Crippen LogP contribution in [0.2, 0.25) is 0 Å². The predicted molar refractivity (Wildman–Crippen MR) is 68.0 cm³/mol. The lowest BCUT2D eigenvalue weighted by Gasteiger charge is -2.04. The fourth-order valence-electron chi connectivity index (χ4n) is 1.42. The predicted octanol–water partition coefficient (Wildman–Crippen LogP) is 3.28. The van der Waals surface area contributed by atoms with E-state index in [1.807, 2.05) is 6.07 Å². The van der Waals surface area contributed by atoms with Crippen LogP contribution in [0, 0.1) is 0 Å². The maximum Gasteiger partial charge on any atom is 0.343 e. The van der Waals surface area contributed by atoms with Gasteiger partial charge in [-0.05, 0) is 41.9 Å². The average molecular weight is 261 g/mol. The summed E-state index contributed by atoms with van der Waals surface area (Å²) in [5.74, 6) is -0.190. The van der Waals surface area contributed by atoms with Gasteiger partial charge in [0.25, 0.3) is 5.24 Å². The van der Waals surface area contributed by atoms with Crippen molar-refractivity contribution in [2.75, 3.05) is 0 Å². The van der Waals surface area contributed by atoms with Crippen LogP contribution in [0.15, 0.2) is 54.6 Å². The molecule has 3 nitrogen and oxygen atoms in total. The van der Waals surface area contributed by atoms with Gasteiger partial charge in [0.1, 0.15) is 5.75 Å². The lowest BCUT2D eigenvalue weighted by Crippen LogP contribution is -2.08. The van der Waals surface area contributed by atoms with E-state index in [-0.39, 0.29) is 11.3 Å². The van der Waals surface area contributed by atoms with Crippen molar-refractivity contribution in [1.29, 1.82) is 0 Å². The fraction of sp³-hybridized carbons (Fsp3) is 0. The highest BCUT2D eigenvalue weighted by Crippen LogP contribution is 2.16. The first-order valence-corrected chi connectivity index (χ1v) is 5.62. The second-order valence-electron chi connectivity index (χ2n) is 3.56. The Morgan fingerprint density at radius 3 is 2.22 bits per heavy atom. The molecule has 0 bridgehead atoms. The Balaban J connectivity index is 2.17. The van der Waals surface area contributed by atoms with E-state index in [9.17, 15) is 9.59 Å². The molecule has 0 aliphatic heterocycles. The molecule has 0 aromatic heterocycles. The Morgan fingerprint density at radius 2 is 1.56 bits per heavy atom. The summed E-state index contributed by atoms with van der Waals surface area (Å²) in [6, 6.07) is 14.8. The van der Waals surface area contributed by atoms with Gasteiger partial charge in [0.2, 0.25) is 0 Å². The highest BCUT2D eigenvalue weighted by molar-refractivity contribution is 6.67. The Hall–Kier alpha value is -2.13. The number of halogens is 1. The van der Waals surface area contributed by atoms with Crippen LogP contribution in [0.1, 0.15) is 20.7 Å². The molecule has 0 atom stereocenters. The number of esters is 1. The van der Waals surface area contributed by atoms with E-state index in [1.54, 1.807) is 42.5 Å². The summed E-state index contributed by atoms with van der Waals surface area (Å²) in [5, 5.41) is -0.590. The Labute approximate surface area is 109 Å². The summed E-state index contributed by atoms with van der Waals surface area (Å²) >= 11 is 5.35. The first-order valence-electron chi connectivity index (χ1n) is 5.24. The van der Waals surface area contributed by atoms with Crippen LogP contribution in [0.25, 0.3) is 0 Å². The molecule has 0 radical (unpaired) electrons. The minimum Gasteiger partial charge on any atom is -0.423 e. The van der Waals surface area contributed by atoms with Crippen LogP contribution in [-0.2, 0) is 0 Å². The van der Waals surface area contributed by atoms with Crippen molar-refractivity contribution in [3.05, 3.63) is 65.7 Å². The third-order valence-electron chi connectivity index (χ3n) is 2.28. The number of carbonyl (C=O) groups excluding carboxylic acids is 2. The van der Waals surface area contributed by atoms with Crippen molar-refractivity contribution in [2.45, 2.75) is 0 Å². The quantitative estimate of drug-likeness (QED) is 0.483. The molecule has 2 rings (SSSR count). The van der Waals surface area contributed by atoms with E-state index in [4.69, 9.17) is 16.3 Å². The Morgan fingerprint density at radius 1 is 0.889 bits per heavy atom. The highest BCUT2D eigenvalue weighted by atomic mass is 35.5. The summed E-state index contributed by atoms with van der Waals surface area (Å²) in [5.41, 5.74) is 0.732. The van der Waals surface area contributed by atoms with Gasteiger partial charge in [0.15, 0.2) is 0 Å². The van der Waals surface area contributed by atoms with Gasteiger partial charge in [-0.1, -0.05) is 24.3 Å². The SMILES string of the molecule is O=C(Cl)c1cccc(OC(=O)c2ccccc2)c1. The molecular weight excluding hydrogens is 252 g/mol. The molecule has 18 heavy (non-hydrogen) atoms. The minimum absolute atomic E-state index is 0.287. The minimum atomic E-state index is -0.590. The summed E-state index contributed by atoms with van der Waals surface area (Å²) in [4.78, 5) is 22.7. The van der Waals surface area contributed by atoms with E-state index < -0.39 is 11.2 Å². The van der Waals surface area contributed by atoms with Crippen LogP contribution in [0.4, 0.5) is 0 Å². The molecule has 0 unspecified atom stereocenters. The molecule has 90 valence electrons. The van der Waals surface area contributed by atoms with Gasteiger partial charge in [0.05, 0.1) is 5.56 Å². The van der Waals surface area contributed by atoms with Crippen LogP contribution in [0.5, 0.6) is 5.75 Å². The molecule has 2 aromatic carbocycles. The summed E-state index contributed by atoms with van der Waals surface area (Å²) in [6.45, 7) is 0. The highest BCUT2D eigenvalue weighted by Gasteiger charge is 2.09. The maximum absolute atomic E-state index is 11.8. The standard InChI is InChI=1S/C14H9ClO3/c15-13(16)11-7-4-8-12(9-11)18-14(17)10-5-2-1-3-6-10/h1-9H. The van der Waals surface area contributed by atoms with Gasteiger partial charge in [0, 0.05) is 5.56 Å². The third-order valence-corrected chi connectivity index (χ3v) is 2.50. The van der Waals surface area contributed by atoms with E-state index in [1.165, 1.54) is 6.07 Å². The monoisotopic (exact) mass is 260 g/mol. The van der Waals surface area contributed by atoms with E-state index in [0.29, 0.717) is 5.56 Å². The van der Waals surface area contributed by atoms with E-state index in [0.717, 1.165) is 0 Å². The number of hydrogen-bond donors (Lipinski definition) is 0. The van der Waals surface area contributed by atoms with Gasteiger partial charge in [-0.2, -0.15) is 0 Å². The number of benzene rings is 2. The van der Waals surface area contributed by atoms with Crippen molar-refractivity contribution in [2.24, 2.45) is 0 Å². The van der Waals surface area contributed by atoms with E-state index >= 15 is 0 Å². The summed E-state index contributed by atoms with van der Waals surface area (Å²) in [7, 11) is 0. The first-order chi connectivity index (χ1) is 8.66. The average Bonchev–Trinajstić information content (AvgIpc) is 2.40. The van der Waals surface area contributed by atoms with Crippen molar-refractivity contribution in [1.82, 2.24) is 0 Å². The molecular formula is C14H9ClO3. The van der Waals surface area contributed by atoms with Crippen LogP contribution in [-0.4, -0.2) is 11.2 Å². The lowest BCUT2D eigenvalue weighted by atomic mass is 10.2. The zero-order chi connectivity index (χ0) is 13.0. The Bertz CT molecular complexity index is 579. The Kier molecular flexibility index (Phi) is 3.75. The normalized spacial score (nSPS) is 9.83. The van der Waals surface area contributed by atoms with Gasteiger partial charge in [-0.25, -0.2) is 4.79 Å². The molecule has 0 fully saturated rings. The van der Waals surface area contributed by atoms with Gasteiger partial charge in [-0.3, -0.25) is 4.79 Å². The largest absolute Gasteiger partial charge is 0.423 e. The first kappa shape index (κ1) is 12.3. The summed E-state index contributed by atoms with van der Waals surface area (Å²) in [6.07, 6.45) is 0. The summed E-state index contributed by atoms with van der Waals surface area (Å²) < 4.78 is 5.14. The van der Waals surface area contributed by atoms with E-state index in [2.05, 4.69) is 0 Å². The van der Waals surface area contributed by atoms with Crippen LogP contribution in [0.3, 0.4) is 0 Å². The number of hydrogen-bond acceptors (Lipinski definition) is 3. The molecule has 0 aliphatic rings. The lowest BCUT2D eigenvalue weighted by molar-refractivity contribution is 0.0734. The molecule has 0 heterocycles.